The molecule has 0 aromatic rings. The van der Waals surface area contributed by atoms with Gasteiger partial charge in [-0.25, -0.2) is 0 Å². The van der Waals surface area contributed by atoms with Crippen LogP contribution in [0.25, 0.3) is 0 Å². The summed E-state index contributed by atoms with van der Waals surface area (Å²) in [5, 5.41) is 8.51. The van der Waals surface area contributed by atoms with Gasteiger partial charge >= 0.3 is 5.97 Å². The third-order valence-corrected chi connectivity index (χ3v) is 3.63. The largest absolute Gasteiger partial charge is 0.481 e. The predicted molar refractivity (Wildman–Crippen MR) is 95.5 cm³/mol. The summed E-state index contributed by atoms with van der Waals surface area (Å²) in [6, 6.07) is 0. The highest BCUT2D eigenvalue weighted by Gasteiger charge is 2.35. The van der Waals surface area contributed by atoms with Crippen molar-refractivity contribution in [3.05, 3.63) is 48.6 Å². The van der Waals surface area contributed by atoms with Crippen LogP contribution < -0.4 is 0 Å². The smallest absolute Gasteiger partial charge is 0.303 e. The van der Waals surface area contributed by atoms with Gasteiger partial charge in [-0.1, -0.05) is 55.5 Å². The Kier molecular flexibility index (Phi) is 10.9. The zero-order chi connectivity index (χ0) is 16.8. The minimum atomic E-state index is -0.718. The Hall–Kier alpha value is -1.61. The van der Waals surface area contributed by atoms with Gasteiger partial charge in [-0.2, -0.15) is 0 Å². The Labute approximate surface area is 140 Å². The van der Waals surface area contributed by atoms with Crippen molar-refractivity contribution in [3.8, 4) is 0 Å². The first-order valence-electron chi connectivity index (χ1n) is 8.71. The van der Waals surface area contributed by atoms with Crippen LogP contribution in [0.15, 0.2) is 48.6 Å². The van der Waals surface area contributed by atoms with Crippen LogP contribution in [0, 0.1) is 0 Å². The highest BCUT2D eigenvalue weighted by atomic mass is 16.6. The molecule has 1 N–H and O–H groups in total. The van der Waals surface area contributed by atoms with Gasteiger partial charge < -0.3 is 9.84 Å². The van der Waals surface area contributed by atoms with E-state index in [0.29, 0.717) is 12.2 Å². The van der Waals surface area contributed by atoms with E-state index in [0.717, 1.165) is 44.9 Å². The monoisotopic (exact) mass is 318 g/mol. The SMILES string of the molecule is CC/C=C/C/C=C/CC1OC1C/C=C/C/C=C/CCCC(=O)O. The van der Waals surface area contributed by atoms with Crippen molar-refractivity contribution < 1.29 is 14.6 Å². The highest BCUT2D eigenvalue weighted by molar-refractivity contribution is 5.66. The molecule has 0 bridgehead atoms. The average molecular weight is 318 g/mol. The number of hydrogen-bond acceptors (Lipinski definition) is 2. The lowest BCUT2D eigenvalue weighted by Gasteiger charge is -1.90. The second kappa shape index (κ2) is 12.9. The molecule has 1 heterocycles. The summed E-state index contributed by atoms with van der Waals surface area (Å²) in [5.41, 5.74) is 0. The third kappa shape index (κ3) is 11.6. The Balaban J connectivity index is 1.95. The molecule has 0 amide bonds. The van der Waals surface area contributed by atoms with Crippen molar-refractivity contribution in [2.24, 2.45) is 0 Å². The molecule has 3 heteroatoms. The Morgan fingerprint density at radius 3 is 2.04 bits per heavy atom. The van der Waals surface area contributed by atoms with Crippen LogP contribution in [-0.2, 0) is 9.53 Å². The van der Waals surface area contributed by atoms with E-state index in [9.17, 15) is 4.79 Å². The van der Waals surface area contributed by atoms with Gasteiger partial charge in [0.2, 0.25) is 0 Å². The number of allylic oxidation sites excluding steroid dienone is 6. The highest BCUT2D eigenvalue weighted by Crippen LogP contribution is 2.29. The van der Waals surface area contributed by atoms with Gasteiger partial charge in [-0.05, 0) is 44.9 Å². The minimum Gasteiger partial charge on any atom is -0.481 e. The first-order valence-corrected chi connectivity index (χ1v) is 8.71. The fourth-order valence-corrected chi connectivity index (χ4v) is 2.25. The maximum Gasteiger partial charge on any atom is 0.303 e. The molecule has 3 nitrogen and oxygen atoms in total. The van der Waals surface area contributed by atoms with Crippen molar-refractivity contribution >= 4 is 5.97 Å². The molecule has 1 rings (SSSR count). The summed E-state index contributed by atoms with van der Waals surface area (Å²) in [5.74, 6) is -0.718. The molecule has 0 spiro atoms. The number of epoxide rings is 1. The Morgan fingerprint density at radius 1 is 0.913 bits per heavy atom. The molecule has 128 valence electrons. The lowest BCUT2D eigenvalue weighted by atomic mass is 10.1. The maximum atomic E-state index is 10.3. The number of aliphatic carboxylic acids is 1. The number of carbonyl (C=O) groups is 1. The molecule has 0 radical (unpaired) electrons. The van der Waals surface area contributed by atoms with Crippen LogP contribution in [0.5, 0.6) is 0 Å². The molecule has 0 aliphatic carbocycles. The lowest BCUT2D eigenvalue weighted by Crippen LogP contribution is -1.92. The number of ether oxygens (including phenoxy) is 1. The summed E-state index contributed by atoms with van der Waals surface area (Å²) >= 11 is 0. The normalized spacial score (nSPS) is 21.3. The topological polar surface area (TPSA) is 49.8 Å². The predicted octanol–water partition coefficient (Wildman–Crippen LogP) is 5.20. The van der Waals surface area contributed by atoms with E-state index in [4.69, 9.17) is 9.84 Å². The van der Waals surface area contributed by atoms with Gasteiger partial charge in [0.25, 0.3) is 0 Å². The van der Waals surface area contributed by atoms with Crippen LogP contribution >= 0.6 is 0 Å². The zero-order valence-electron chi connectivity index (χ0n) is 14.2. The molecule has 2 atom stereocenters. The van der Waals surface area contributed by atoms with Crippen LogP contribution in [0.3, 0.4) is 0 Å². The van der Waals surface area contributed by atoms with Crippen LogP contribution in [0.2, 0.25) is 0 Å². The molecule has 23 heavy (non-hydrogen) atoms. The molecular weight excluding hydrogens is 288 g/mol. The summed E-state index contributed by atoms with van der Waals surface area (Å²) in [6.07, 6.45) is 24.9. The first kappa shape index (κ1) is 19.4. The summed E-state index contributed by atoms with van der Waals surface area (Å²) in [6.45, 7) is 2.14. The van der Waals surface area contributed by atoms with Crippen LogP contribution in [-0.4, -0.2) is 23.3 Å². The summed E-state index contributed by atoms with van der Waals surface area (Å²) < 4.78 is 5.63. The summed E-state index contributed by atoms with van der Waals surface area (Å²) in [7, 11) is 0. The molecular formula is C20H30O3. The second-order valence-electron chi connectivity index (χ2n) is 5.74. The molecule has 0 saturated carbocycles. The number of carboxylic acid groups (broad SMARTS) is 1. The fourth-order valence-electron chi connectivity index (χ4n) is 2.25. The second-order valence-corrected chi connectivity index (χ2v) is 5.74. The molecule has 1 aliphatic heterocycles. The van der Waals surface area contributed by atoms with Crippen LogP contribution in [0.1, 0.15) is 58.3 Å². The van der Waals surface area contributed by atoms with Crippen molar-refractivity contribution in [1.29, 1.82) is 0 Å². The quantitative estimate of drug-likeness (QED) is 0.288. The molecule has 1 fully saturated rings. The number of unbranched alkanes of at least 4 members (excludes halogenated alkanes) is 1. The van der Waals surface area contributed by atoms with Crippen molar-refractivity contribution in [3.63, 3.8) is 0 Å². The van der Waals surface area contributed by atoms with E-state index in [1.54, 1.807) is 0 Å². The Morgan fingerprint density at radius 2 is 1.48 bits per heavy atom. The standard InChI is InChI=1S/C20H30O3/c1-2-3-4-5-9-12-15-18-19(23-18)16-13-10-7-6-8-11-14-17-20(21)22/h3-4,6,8-10,12-13,18-19H,2,5,7,11,14-17H2,1H3,(H,21,22)/b4-3+,8-6+,12-9+,13-10+. The van der Waals surface area contributed by atoms with E-state index in [-0.39, 0.29) is 6.42 Å². The van der Waals surface area contributed by atoms with Gasteiger partial charge in [0.15, 0.2) is 0 Å². The average Bonchev–Trinajstić information content (AvgIpc) is 3.27. The zero-order valence-corrected chi connectivity index (χ0v) is 14.2. The molecule has 0 aromatic heterocycles. The van der Waals surface area contributed by atoms with E-state index < -0.39 is 5.97 Å². The molecule has 2 unspecified atom stereocenters. The van der Waals surface area contributed by atoms with Crippen LogP contribution in [0.4, 0.5) is 0 Å². The number of rotatable bonds is 13. The van der Waals surface area contributed by atoms with Crippen molar-refractivity contribution in [2.75, 3.05) is 0 Å². The summed E-state index contributed by atoms with van der Waals surface area (Å²) in [4.78, 5) is 10.3. The van der Waals surface area contributed by atoms with Gasteiger partial charge in [-0.3, -0.25) is 4.79 Å². The van der Waals surface area contributed by atoms with E-state index in [1.807, 2.05) is 0 Å². The number of carboxylic acids is 1. The van der Waals surface area contributed by atoms with Gasteiger partial charge in [0, 0.05) is 6.42 Å². The number of hydrogen-bond donors (Lipinski definition) is 1. The molecule has 1 saturated heterocycles. The van der Waals surface area contributed by atoms with E-state index >= 15 is 0 Å². The Bertz CT molecular complexity index is 432. The lowest BCUT2D eigenvalue weighted by molar-refractivity contribution is -0.137. The van der Waals surface area contributed by atoms with E-state index in [1.165, 1.54) is 0 Å². The van der Waals surface area contributed by atoms with Gasteiger partial charge in [0.1, 0.15) is 0 Å². The fraction of sp³-hybridized carbons (Fsp3) is 0.550. The van der Waals surface area contributed by atoms with Crippen molar-refractivity contribution in [2.45, 2.75) is 70.5 Å². The van der Waals surface area contributed by atoms with Gasteiger partial charge in [-0.15, -0.1) is 0 Å². The molecule has 0 aromatic carbocycles. The van der Waals surface area contributed by atoms with E-state index in [2.05, 4.69) is 55.5 Å². The molecule has 1 aliphatic rings. The van der Waals surface area contributed by atoms with Gasteiger partial charge in [0.05, 0.1) is 12.2 Å². The van der Waals surface area contributed by atoms with Crippen molar-refractivity contribution in [1.82, 2.24) is 0 Å². The minimum absolute atomic E-state index is 0.254. The first-order chi connectivity index (χ1) is 11.2. The third-order valence-electron chi connectivity index (χ3n) is 3.63. The maximum absolute atomic E-state index is 10.3.